The van der Waals surface area contributed by atoms with Crippen LogP contribution in [0.2, 0.25) is 0 Å². The molecule has 1 fully saturated rings. The molecule has 1 saturated heterocycles. The number of ether oxygens (including phenoxy) is 4. The van der Waals surface area contributed by atoms with Gasteiger partial charge in [-0.15, -0.1) is 11.6 Å². The van der Waals surface area contributed by atoms with E-state index < -0.39 is 29.9 Å². The Morgan fingerprint density at radius 2 is 1.12 bits per heavy atom. The van der Waals surface area contributed by atoms with E-state index in [0.717, 1.165) is 16.7 Å². The molecule has 4 rings (SSSR count). The van der Waals surface area contributed by atoms with E-state index in [4.69, 9.17) is 36.3 Å². The molecule has 0 aromatic heterocycles. The molecule has 0 radical (unpaired) electrons. The number of rotatable bonds is 10. The predicted octanol–water partition coefficient (Wildman–Crippen LogP) is 4.67. The van der Waals surface area contributed by atoms with E-state index in [0.29, 0.717) is 26.4 Å². The van der Waals surface area contributed by atoms with Crippen molar-refractivity contribution >= 4 is 11.6 Å². The minimum Gasteiger partial charge on any atom is -0.374 e. The van der Waals surface area contributed by atoms with Gasteiger partial charge in [-0.25, -0.2) is 0 Å². The van der Waals surface area contributed by atoms with Gasteiger partial charge >= 0.3 is 0 Å². The molecule has 1 heterocycles. The molecule has 174 valence electrons. The molecule has 0 bridgehead atoms. The maximum Gasteiger partial charge on any atom is 0.125 e. The summed E-state index contributed by atoms with van der Waals surface area (Å²) in [5.74, 6) is 0. The Kier molecular flexibility index (Phi) is 8.89. The molecule has 1 aliphatic heterocycles. The highest BCUT2D eigenvalue weighted by Gasteiger charge is 2.45. The Hall–Kier alpha value is -2.25. The first-order valence-corrected chi connectivity index (χ1v) is 11.6. The molecule has 3 aromatic carbocycles. The van der Waals surface area contributed by atoms with Gasteiger partial charge in [-0.05, 0) is 16.7 Å². The number of hydrogen-bond acceptors (Lipinski definition) is 5. The summed E-state index contributed by atoms with van der Waals surface area (Å²) in [6.07, 6.45) is -1.99. The van der Waals surface area contributed by atoms with E-state index in [1.165, 1.54) is 0 Å². The van der Waals surface area contributed by atoms with Crippen LogP contribution < -0.4 is 5.73 Å². The summed E-state index contributed by atoms with van der Waals surface area (Å²) >= 11 is 6.68. The summed E-state index contributed by atoms with van der Waals surface area (Å²) < 4.78 is 24.6. The number of benzene rings is 3. The third-order valence-electron chi connectivity index (χ3n) is 5.61. The van der Waals surface area contributed by atoms with Crippen molar-refractivity contribution in [3.63, 3.8) is 0 Å². The second-order valence-corrected chi connectivity index (χ2v) is 8.61. The van der Waals surface area contributed by atoms with Gasteiger partial charge in [0.25, 0.3) is 0 Å². The largest absolute Gasteiger partial charge is 0.374 e. The zero-order valence-electron chi connectivity index (χ0n) is 18.5. The molecular formula is C27H30ClNO4. The summed E-state index contributed by atoms with van der Waals surface area (Å²) in [5, 5.41) is -0.556. The summed E-state index contributed by atoms with van der Waals surface area (Å²) in [5.41, 5.74) is 9.44. The lowest BCUT2D eigenvalue weighted by molar-refractivity contribution is -0.216. The van der Waals surface area contributed by atoms with Gasteiger partial charge in [0, 0.05) is 0 Å². The summed E-state index contributed by atoms with van der Waals surface area (Å²) in [6.45, 7) is 1.61. The maximum absolute atomic E-state index is 6.68. The molecular weight excluding hydrogens is 438 g/mol. The van der Waals surface area contributed by atoms with Crippen molar-refractivity contribution in [1.82, 2.24) is 0 Å². The van der Waals surface area contributed by atoms with Crippen LogP contribution in [0.3, 0.4) is 0 Å². The van der Waals surface area contributed by atoms with Crippen LogP contribution in [-0.4, -0.2) is 36.5 Å². The van der Waals surface area contributed by atoms with E-state index >= 15 is 0 Å². The second kappa shape index (κ2) is 12.3. The van der Waals surface area contributed by atoms with E-state index in [2.05, 4.69) is 0 Å². The molecule has 0 spiro atoms. The van der Waals surface area contributed by atoms with Crippen molar-refractivity contribution in [3.8, 4) is 0 Å². The van der Waals surface area contributed by atoms with Crippen LogP contribution in [0.25, 0.3) is 0 Å². The van der Waals surface area contributed by atoms with Gasteiger partial charge in [-0.2, -0.15) is 0 Å². The Morgan fingerprint density at radius 1 is 0.667 bits per heavy atom. The fourth-order valence-electron chi connectivity index (χ4n) is 3.86. The molecule has 1 aliphatic rings. The molecule has 5 atom stereocenters. The molecule has 33 heavy (non-hydrogen) atoms. The molecule has 2 N–H and O–H groups in total. The minimum absolute atomic E-state index is 0.316. The average molecular weight is 468 g/mol. The Balaban J connectivity index is 1.46. The van der Waals surface area contributed by atoms with Crippen LogP contribution in [0.4, 0.5) is 0 Å². The van der Waals surface area contributed by atoms with Crippen LogP contribution in [0, 0.1) is 0 Å². The number of nitrogens with two attached hydrogens (primary N) is 1. The van der Waals surface area contributed by atoms with Crippen LogP contribution in [0.15, 0.2) is 91.0 Å². The molecule has 3 aromatic rings. The fraction of sp³-hybridized carbons (Fsp3) is 0.333. The predicted molar refractivity (Wildman–Crippen MR) is 129 cm³/mol. The van der Waals surface area contributed by atoms with E-state index in [-0.39, 0.29) is 0 Å². The van der Waals surface area contributed by atoms with E-state index in [1.54, 1.807) is 0 Å². The first-order chi connectivity index (χ1) is 16.2. The fourth-order valence-corrected chi connectivity index (χ4v) is 4.13. The summed E-state index contributed by atoms with van der Waals surface area (Å²) in [4.78, 5) is 0. The summed E-state index contributed by atoms with van der Waals surface area (Å²) in [7, 11) is 0. The molecule has 0 saturated carbocycles. The number of alkyl halides is 1. The standard InChI is InChI=1S/C27H30ClNO4/c28-24-26(32-18-22-14-8-3-9-15-22)25(31-17-21-12-6-2-7-13-21)23(33-27(24)29)19-30-16-20-10-4-1-5-11-20/h1-15,23-27H,16-19,29H2/t23-,24-,25+,26-,27-/m1/s1. The SMILES string of the molecule is N[C@@H]1O[C@H](COCc2ccccc2)[C@H](OCc2ccccc2)[C@H](OCc2ccccc2)[C@H]1Cl. The van der Waals surface area contributed by atoms with E-state index in [1.807, 2.05) is 91.0 Å². The topological polar surface area (TPSA) is 62.9 Å². The highest BCUT2D eigenvalue weighted by atomic mass is 35.5. The lowest BCUT2D eigenvalue weighted by Crippen LogP contribution is -2.61. The van der Waals surface area contributed by atoms with Crippen LogP contribution in [0.1, 0.15) is 16.7 Å². The zero-order valence-corrected chi connectivity index (χ0v) is 19.2. The summed E-state index contributed by atoms with van der Waals surface area (Å²) in [6, 6.07) is 30.0. The zero-order chi connectivity index (χ0) is 22.9. The maximum atomic E-state index is 6.68. The quantitative estimate of drug-likeness (QED) is 0.439. The van der Waals surface area contributed by atoms with Crippen LogP contribution in [-0.2, 0) is 38.8 Å². The Morgan fingerprint density at radius 3 is 1.64 bits per heavy atom. The van der Waals surface area contributed by atoms with Crippen molar-refractivity contribution in [2.75, 3.05) is 6.61 Å². The molecule has 0 unspecified atom stereocenters. The lowest BCUT2D eigenvalue weighted by atomic mass is 9.99. The normalized spacial score (nSPS) is 25.1. The smallest absolute Gasteiger partial charge is 0.125 e. The average Bonchev–Trinajstić information content (AvgIpc) is 2.86. The van der Waals surface area contributed by atoms with Gasteiger partial charge < -0.3 is 24.7 Å². The highest BCUT2D eigenvalue weighted by Crippen LogP contribution is 2.29. The Labute approximate surface area is 200 Å². The third-order valence-corrected chi connectivity index (χ3v) is 6.11. The third kappa shape index (κ3) is 6.87. The number of hydrogen-bond donors (Lipinski definition) is 1. The lowest BCUT2D eigenvalue weighted by Gasteiger charge is -2.43. The van der Waals surface area contributed by atoms with Gasteiger partial charge in [0.15, 0.2) is 0 Å². The monoisotopic (exact) mass is 467 g/mol. The Bertz CT molecular complexity index is 944. The van der Waals surface area contributed by atoms with Gasteiger partial charge in [0.2, 0.25) is 0 Å². The minimum atomic E-state index is -0.686. The number of halogens is 1. The molecule has 5 nitrogen and oxygen atoms in total. The van der Waals surface area contributed by atoms with Crippen molar-refractivity contribution < 1.29 is 18.9 Å². The molecule has 0 aliphatic carbocycles. The van der Waals surface area contributed by atoms with Gasteiger partial charge in [-0.1, -0.05) is 91.0 Å². The first-order valence-electron chi connectivity index (χ1n) is 11.2. The van der Waals surface area contributed by atoms with Crippen molar-refractivity contribution in [1.29, 1.82) is 0 Å². The van der Waals surface area contributed by atoms with E-state index in [9.17, 15) is 0 Å². The highest BCUT2D eigenvalue weighted by molar-refractivity contribution is 6.21. The van der Waals surface area contributed by atoms with Crippen molar-refractivity contribution in [2.45, 2.75) is 49.7 Å². The van der Waals surface area contributed by atoms with Crippen LogP contribution >= 0.6 is 11.6 Å². The molecule has 6 heteroatoms. The first kappa shape index (κ1) is 23.9. The van der Waals surface area contributed by atoms with Gasteiger partial charge in [-0.3, -0.25) is 0 Å². The van der Waals surface area contributed by atoms with Crippen molar-refractivity contribution in [2.24, 2.45) is 5.73 Å². The van der Waals surface area contributed by atoms with Crippen molar-refractivity contribution in [3.05, 3.63) is 108 Å². The van der Waals surface area contributed by atoms with Gasteiger partial charge in [0.05, 0.1) is 26.4 Å². The van der Waals surface area contributed by atoms with Crippen LogP contribution in [0.5, 0.6) is 0 Å². The second-order valence-electron chi connectivity index (χ2n) is 8.11. The molecule has 0 amide bonds. The van der Waals surface area contributed by atoms with Gasteiger partial charge in [0.1, 0.15) is 29.9 Å².